The summed E-state index contributed by atoms with van der Waals surface area (Å²) in [5, 5.41) is 11.6. The molecule has 2 aliphatic carbocycles. The third-order valence-electron chi connectivity index (χ3n) is 6.39. The van der Waals surface area contributed by atoms with Gasteiger partial charge in [0.15, 0.2) is 33.6 Å². The highest BCUT2D eigenvalue weighted by molar-refractivity contribution is 7.92. The smallest absolute Gasteiger partial charge is 0.255 e. The average Bonchev–Trinajstić information content (AvgIpc) is 3.05. The van der Waals surface area contributed by atoms with E-state index in [0.717, 1.165) is 6.07 Å². The molecule has 0 saturated heterocycles. The second-order valence-corrected chi connectivity index (χ2v) is 11.1. The van der Waals surface area contributed by atoms with E-state index in [1.807, 2.05) is 0 Å². The summed E-state index contributed by atoms with van der Waals surface area (Å²) in [6.45, 7) is 0. The molecular formula is C22H19ClF3NO5S. The van der Waals surface area contributed by atoms with Crippen molar-refractivity contribution in [3.63, 3.8) is 0 Å². The van der Waals surface area contributed by atoms with Crippen molar-refractivity contribution in [1.29, 1.82) is 0 Å². The van der Waals surface area contributed by atoms with Gasteiger partial charge in [0.1, 0.15) is 5.60 Å². The summed E-state index contributed by atoms with van der Waals surface area (Å²) < 4.78 is 67.0. The van der Waals surface area contributed by atoms with Crippen molar-refractivity contribution in [2.75, 3.05) is 5.32 Å². The maximum Gasteiger partial charge on any atom is 0.255 e. The van der Waals surface area contributed by atoms with Crippen molar-refractivity contribution >= 4 is 39.3 Å². The Bertz CT molecular complexity index is 1220. The second kappa shape index (κ2) is 8.41. The lowest BCUT2D eigenvalue weighted by atomic mass is 9.78. The predicted octanol–water partition coefficient (Wildman–Crippen LogP) is 3.90. The van der Waals surface area contributed by atoms with Crippen LogP contribution in [0.1, 0.15) is 36.0 Å². The molecule has 2 unspecified atom stereocenters. The number of fused-ring (bicyclic) bond motifs is 2. The molecule has 4 rings (SSSR count). The molecule has 0 aliphatic heterocycles. The lowest BCUT2D eigenvalue weighted by Crippen LogP contribution is -2.47. The number of nitrogens with one attached hydrogen (secondary N) is 1. The molecule has 2 N–H and O–H groups in total. The molecule has 6 nitrogen and oxygen atoms in total. The Morgan fingerprint density at radius 2 is 1.67 bits per heavy atom. The number of hydrogen-bond acceptors (Lipinski definition) is 5. The zero-order chi connectivity index (χ0) is 24.1. The number of anilines is 1. The highest BCUT2D eigenvalue weighted by atomic mass is 35.5. The normalized spacial score (nSPS) is 26.8. The van der Waals surface area contributed by atoms with Crippen LogP contribution in [0.15, 0.2) is 35.2 Å². The summed E-state index contributed by atoms with van der Waals surface area (Å²) in [5.74, 6) is -6.43. The van der Waals surface area contributed by atoms with E-state index in [1.54, 1.807) is 0 Å². The van der Waals surface area contributed by atoms with Crippen LogP contribution in [0.2, 0.25) is 5.02 Å². The van der Waals surface area contributed by atoms with Gasteiger partial charge < -0.3 is 15.2 Å². The quantitative estimate of drug-likeness (QED) is 0.478. The van der Waals surface area contributed by atoms with Gasteiger partial charge in [0.2, 0.25) is 0 Å². The van der Waals surface area contributed by atoms with Gasteiger partial charge in [-0.25, -0.2) is 21.6 Å². The van der Waals surface area contributed by atoms with Gasteiger partial charge in [-0.2, -0.15) is 0 Å². The van der Waals surface area contributed by atoms with Gasteiger partial charge in [0, 0.05) is 23.4 Å². The molecule has 2 aromatic carbocycles. The first-order valence-electron chi connectivity index (χ1n) is 10.1. The van der Waals surface area contributed by atoms with Crippen LogP contribution in [0.25, 0.3) is 0 Å². The average molecular weight is 502 g/mol. The summed E-state index contributed by atoms with van der Waals surface area (Å²) in [4.78, 5) is 23.6. The Balaban J connectivity index is 1.64. The summed E-state index contributed by atoms with van der Waals surface area (Å²) in [5.41, 5.74) is -2.05. The van der Waals surface area contributed by atoms with Crippen molar-refractivity contribution in [2.45, 2.75) is 41.4 Å². The van der Waals surface area contributed by atoms with Crippen LogP contribution in [0, 0.1) is 29.3 Å². The van der Waals surface area contributed by atoms with Crippen molar-refractivity contribution in [3.8, 4) is 0 Å². The van der Waals surface area contributed by atoms with Gasteiger partial charge in [-0.3, -0.25) is 4.79 Å². The van der Waals surface area contributed by atoms with E-state index >= 15 is 0 Å². The topological polar surface area (TPSA) is 101 Å². The highest BCUT2D eigenvalue weighted by Crippen LogP contribution is 2.51. The number of carbonyl (C=O) groups is 2. The minimum absolute atomic E-state index is 0.0242. The molecule has 2 bridgehead atoms. The zero-order valence-corrected chi connectivity index (χ0v) is 18.6. The number of aliphatic hydroxyl groups is 1. The van der Waals surface area contributed by atoms with E-state index < -0.39 is 55.9 Å². The number of carbonyl (C=O) groups excluding carboxylic acids is 2. The molecular weight excluding hydrogens is 483 g/mol. The number of halogens is 4. The Hall–Kier alpha value is -2.43. The minimum atomic E-state index is -4.04. The van der Waals surface area contributed by atoms with Crippen molar-refractivity contribution in [2.24, 2.45) is 11.8 Å². The van der Waals surface area contributed by atoms with Crippen LogP contribution in [-0.2, 0) is 14.6 Å². The Morgan fingerprint density at radius 1 is 1.09 bits per heavy atom. The van der Waals surface area contributed by atoms with Gasteiger partial charge in [0.25, 0.3) is 5.91 Å². The van der Waals surface area contributed by atoms with Crippen LogP contribution in [0.3, 0.4) is 0 Å². The number of rotatable bonds is 5. The maximum atomic E-state index is 13.5. The molecule has 1 amide bonds. The van der Waals surface area contributed by atoms with Crippen LogP contribution in [-0.4, -0.2) is 36.6 Å². The number of amides is 1. The predicted molar refractivity (Wildman–Crippen MR) is 113 cm³/mol. The van der Waals surface area contributed by atoms with Gasteiger partial charge in [-0.05, 0) is 55.7 Å². The van der Waals surface area contributed by atoms with Gasteiger partial charge in [-0.15, -0.1) is 0 Å². The maximum absolute atomic E-state index is 13.5. The molecule has 0 heterocycles. The third kappa shape index (κ3) is 4.27. The van der Waals surface area contributed by atoms with E-state index in [2.05, 4.69) is 5.32 Å². The fraction of sp³-hybridized carbons (Fsp3) is 0.364. The van der Waals surface area contributed by atoms with E-state index in [4.69, 9.17) is 11.6 Å². The summed E-state index contributed by atoms with van der Waals surface area (Å²) in [6.07, 6.45) is 1.57. The van der Waals surface area contributed by atoms with Gasteiger partial charge in [0.05, 0.1) is 15.2 Å². The molecule has 2 aromatic rings. The molecule has 2 fully saturated rings. The molecule has 11 heteroatoms. The third-order valence-corrected chi connectivity index (χ3v) is 9.27. The fourth-order valence-corrected chi connectivity index (χ4v) is 7.86. The first-order valence-corrected chi connectivity index (χ1v) is 12.1. The highest BCUT2D eigenvalue weighted by Gasteiger charge is 2.54. The standard InChI is InChI=1S/C22H19ClF3NO5S/c23-15-4-3-11(21(29)27-14-6-16(24)19(26)17(25)7-14)5-18(15)33(31,32)20-12-1-2-13(20)9-22(30,8-12)10-28/h3-7,10,12-13,20,30H,1-2,8-9H2,(H,27,29). The van der Waals surface area contributed by atoms with Crippen molar-refractivity contribution < 1.29 is 36.3 Å². The van der Waals surface area contributed by atoms with Crippen LogP contribution < -0.4 is 5.32 Å². The summed E-state index contributed by atoms with van der Waals surface area (Å²) in [7, 11) is -4.04. The Kier molecular flexibility index (Phi) is 6.05. The molecule has 176 valence electrons. The molecule has 2 atom stereocenters. The fourth-order valence-electron chi connectivity index (χ4n) is 5.01. The number of sulfone groups is 1. The van der Waals surface area contributed by atoms with E-state index in [9.17, 15) is 36.3 Å². The van der Waals surface area contributed by atoms with E-state index in [0.29, 0.717) is 31.3 Å². The number of hydrogen-bond donors (Lipinski definition) is 2. The minimum Gasteiger partial charge on any atom is -0.382 e. The molecule has 0 radical (unpaired) electrons. The van der Waals surface area contributed by atoms with Crippen LogP contribution >= 0.6 is 11.6 Å². The SMILES string of the molecule is O=CC1(O)CC2CCC(C1)C2S(=O)(=O)c1cc(C(=O)Nc2cc(F)c(F)c(F)c2)ccc1Cl. The van der Waals surface area contributed by atoms with E-state index in [-0.39, 0.29) is 34.0 Å². The summed E-state index contributed by atoms with van der Waals surface area (Å²) >= 11 is 6.17. The van der Waals surface area contributed by atoms with Gasteiger partial charge >= 0.3 is 0 Å². The molecule has 2 aliphatic rings. The monoisotopic (exact) mass is 501 g/mol. The first-order chi connectivity index (χ1) is 15.4. The van der Waals surface area contributed by atoms with Crippen molar-refractivity contribution in [3.05, 3.63) is 58.4 Å². The zero-order valence-electron chi connectivity index (χ0n) is 17.0. The summed E-state index contributed by atoms with van der Waals surface area (Å²) in [6, 6.07) is 4.73. The first kappa shape index (κ1) is 23.7. The molecule has 0 spiro atoms. The Morgan fingerprint density at radius 3 is 2.21 bits per heavy atom. The second-order valence-electron chi connectivity index (χ2n) is 8.59. The number of benzene rings is 2. The Labute approximate surface area is 192 Å². The largest absolute Gasteiger partial charge is 0.382 e. The van der Waals surface area contributed by atoms with Crippen LogP contribution in [0.5, 0.6) is 0 Å². The lowest BCUT2D eigenvalue weighted by Gasteiger charge is -2.37. The molecule has 33 heavy (non-hydrogen) atoms. The molecule has 2 saturated carbocycles. The number of aldehydes is 1. The van der Waals surface area contributed by atoms with Gasteiger partial charge in [-0.1, -0.05) is 11.6 Å². The van der Waals surface area contributed by atoms with E-state index in [1.165, 1.54) is 12.1 Å². The molecule has 0 aromatic heterocycles. The lowest BCUT2D eigenvalue weighted by molar-refractivity contribution is -0.129. The van der Waals surface area contributed by atoms with Crippen LogP contribution in [0.4, 0.5) is 18.9 Å². The van der Waals surface area contributed by atoms with Crippen molar-refractivity contribution in [1.82, 2.24) is 0 Å².